The van der Waals surface area contributed by atoms with Gasteiger partial charge in [-0.1, -0.05) is 26.8 Å². The van der Waals surface area contributed by atoms with E-state index in [-0.39, 0.29) is 17.4 Å². The quantitative estimate of drug-likeness (QED) is 0.675. The van der Waals surface area contributed by atoms with Crippen LogP contribution >= 0.6 is 0 Å². The zero-order valence-electron chi connectivity index (χ0n) is 18.5. The average molecular weight is 460 g/mol. The van der Waals surface area contributed by atoms with Gasteiger partial charge in [-0.15, -0.1) is 0 Å². The van der Waals surface area contributed by atoms with Crippen LogP contribution in [0.25, 0.3) is 0 Å². The molecule has 1 heterocycles. The summed E-state index contributed by atoms with van der Waals surface area (Å²) in [5.41, 5.74) is 0.989. The number of nitrogens with zero attached hydrogens (tertiary/aromatic N) is 2. The van der Waals surface area contributed by atoms with Gasteiger partial charge in [0.2, 0.25) is 5.91 Å². The Bertz CT molecular complexity index is 862. The number of alkyl halides is 3. The van der Waals surface area contributed by atoms with Gasteiger partial charge in [0.05, 0.1) is 26.8 Å². The van der Waals surface area contributed by atoms with Gasteiger partial charge in [0, 0.05) is 24.6 Å². The van der Waals surface area contributed by atoms with Crippen LogP contribution in [-0.2, 0) is 19.1 Å². The van der Waals surface area contributed by atoms with E-state index in [1.165, 1.54) is 7.11 Å². The van der Waals surface area contributed by atoms with E-state index in [0.29, 0.717) is 30.8 Å². The normalized spacial score (nSPS) is 15.8. The molecule has 1 aromatic rings. The van der Waals surface area contributed by atoms with Gasteiger partial charge >= 0.3 is 18.1 Å². The van der Waals surface area contributed by atoms with Gasteiger partial charge in [-0.05, 0) is 17.5 Å². The highest BCUT2D eigenvalue weighted by atomic mass is 19.4. The van der Waals surface area contributed by atoms with Crippen molar-refractivity contribution in [3.8, 4) is 5.75 Å². The number of esters is 1. The molecule has 0 bridgehead atoms. The summed E-state index contributed by atoms with van der Waals surface area (Å²) in [6.07, 6.45) is -4.30. The Morgan fingerprint density at radius 2 is 1.78 bits per heavy atom. The molecule has 0 spiro atoms. The molecule has 0 saturated heterocycles. The second-order valence-corrected chi connectivity index (χ2v) is 8.14. The molecule has 0 radical (unpaired) electrons. The summed E-state index contributed by atoms with van der Waals surface area (Å²) >= 11 is 0. The first kappa shape index (κ1) is 26.9. The minimum Gasteiger partial charge on any atom is -0.497 e. The maximum Gasteiger partial charge on any atom is 0.490 e. The molecule has 0 saturated carbocycles. The fraction of sp³-hybridized carbons (Fsp3) is 0.524. The molecule has 1 aliphatic rings. The Morgan fingerprint density at radius 3 is 2.25 bits per heavy atom. The van der Waals surface area contributed by atoms with Crippen molar-refractivity contribution >= 4 is 29.2 Å². The summed E-state index contributed by atoms with van der Waals surface area (Å²) in [6.45, 7) is 6.47. The minimum absolute atomic E-state index is 0.00655. The highest BCUT2D eigenvalue weighted by molar-refractivity contribution is 6.37. The van der Waals surface area contributed by atoms with Crippen molar-refractivity contribution in [2.45, 2.75) is 45.8 Å². The number of hydrogen-bond acceptors (Lipinski definition) is 6. The summed E-state index contributed by atoms with van der Waals surface area (Å²) < 4.78 is 41.8. The number of halogens is 3. The summed E-state index contributed by atoms with van der Waals surface area (Å²) in [5.74, 6) is -2.51. The molecule has 0 aromatic heterocycles. The maximum absolute atomic E-state index is 13.0. The zero-order chi connectivity index (χ0) is 24.7. The van der Waals surface area contributed by atoms with E-state index in [1.807, 2.05) is 45.0 Å². The van der Waals surface area contributed by atoms with Crippen LogP contribution in [0.5, 0.6) is 5.75 Å². The standard InChI is InChI=1S/C19H26N2O4.C2HF3O2/c1-19(2,3)11-17(22)21(13-7-6-8-15(9-13)24-4)14-10-16(20-12-14)18(23)25-5;3-2(4,5)1(6)7/h6-9,14H,10-12H2,1-5H3;(H,6,7). The van der Waals surface area contributed by atoms with Gasteiger partial charge < -0.3 is 19.5 Å². The molecule has 1 unspecified atom stereocenters. The Kier molecular flexibility index (Phi) is 9.22. The van der Waals surface area contributed by atoms with Crippen molar-refractivity contribution in [2.75, 3.05) is 25.7 Å². The Balaban J connectivity index is 0.000000633. The van der Waals surface area contributed by atoms with Crippen LogP contribution in [0.2, 0.25) is 0 Å². The van der Waals surface area contributed by atoms with Gasteiger partial charge in [0.25, 0.3) is 0 Å². The highest BCUT2D eigenvalue weighted by Crippen LogP contribution is 2.29. The molecule has 1 N–H and O–H groups in total. The molecular formula is C21H27F3N2O6. The van der Waals surface area contributed by atoms with Crippen molar-refractivity contribution in [2.24, 2.45) is 10.4 Å². The van der Waals surface area contributed by atoms with Crippen molar-refractivity contribution < 1.29 is 42.1 Å². The van der Waals surface area contributed by atoms with E-state index in [4.69, 9.17) is 19.4 Å². The first-order chi connectivity index (χ1) is 14.7. The minimum atomic E-state index is -5.08. The van der Waals surface area contributed by atoms with Crippen LogP contribution in [0, 0.1) is 5.41 Å². The van der Waals surface area contributed by atoms with Crippen LogP contribution in [-0.4, -0.2) is 61.6 Å². The number of carbonyl (C=O) groups is 3. The third kappa shape index (κ3) is 8.20. The van der Waals surface area contributed by atoms with E-state index in [0.717, 1.165) is 5.69 Å². The van der Waals surface area contributed by atoms with E-state index in [1.54, 1.807) is 12.0 Å². The number of hydrogen-bond donors (Lipinski definition) is 1. The molecule has 1 aromatic carbocycles. The number of amides is 1. The number of aliphatic imine (C=N–C) groups is 1. The molecule has 1 amide bonds. The fourth-order valence-electron chi connectivity index (χ4n) is 2.86. The van der Waals surface area contributed by atoms with E-state index >= 15 is 0 Å². The number of benzene rings is 1. The number of anilines is 1. The number of rotatable bonds is 5. The molecule has 0 fully saturated rings. The number of aliphatic carboxylic acids is 1. The molecular weight excluding hydrogens is 433 g/mol. The van der Waals surface area contributed by atoms with Crippen molar-refractivity contribution in [1.29, 1.82) is 0 Å². The van der Waals surface area contributed by atoms with Gasteiger partial charge in [0.15, 0.2) is 0 Å². The number of methoxy groups -OCH3 is 2. The van der Waals surface area contributed by atoms with E-state index < -0.39 is 18.1 Å². The molecule has 178 valence electrons. The lowest BCUT2D eigenvalue weighted by Crippen LogP contribution is -2.43. The molecule has 0 aliphatic carbocycles. The molecule has 11 heteroatoms. The average Bonchev–Trinajstić information content (AvgIpc) is 3.15. The van der Waals surface area contributed by atoms with Crippen molar-refractivity contribution in [3.05, 3.63) is 24.3 Å². The predicted molar refractivity (Wildman–Crippen MR) is 111 cm³/mol. The Labute approximate surface area is 184 Å². The Morgan fingerprint density at radius 1 is 1.19 bits per heavy atom. The van der Waals surface area contributed by atoms with Gasteiger partial charge in [0.1, 0.15) is 11.5 Å². The molecule has 1 atom stereocenters. The maximum atomic E-state index is 13.0. The zero-order valence-corrected chi connectivity index (χ0v) is 18.5. The van der Waals surface area contributed by atoms with Crippen molar-refractivity contribution in [1.82, 2.24) is 0 Å². The summed E-state index contributed by atoms with van der Waals surface area (Å²) in [4.78, 5) is 39.7. The third-order valence-corrected chi connectivity index (χ3v) is 4.23. The lowest BCUT2D eigenvalue weighted by molar-refractivity contribution is -0.192. The van der Waals surface area contributed by atoms with E-state index in [9.17, 15) is 22.8 Å². The summed E-state index contributed by atoms with van der Waals surface area (Å²) in [6, 6.07) is 7.19. The first-order valence-corrected chi connectivity index (χ1v) is 9.57. The summed E-state index contributed by atoms with van der Waals surface area (Å²) in [7, 11) is 2.93. The number of carboxylic acid groups (broad SMARTS) is 1. The molecule has 1 aliphatic heterocycles. The van der Waals surface area contributed by atoms with Gasteiger partial charge in [-0.25, -0.2) is 9.59 Å². The first-order valence-electron chi connectivity index (χ1n) is 9.57. The summed E-state index contributed by atoms with van der Waals surface area (Å²) in [5, 5.41) is 7.12. The van der Waals surface area contributed by atoms with Crippen LogP contribution in [0.3, 0.4) is 0 Å². The van der Waals surface area contributed by atoms with Crippen molar-refractivity contribution in [3.63, 3.8) is 0 Å². The smallest absolute Gasteiger partial charge is 0.490 e. The second kappa shape index (κ2) is 11.0. The van der Waals surface area contributed by atoms with Crippen LogP contribution < -0.4 is 9.64 Å². The molecule has 32 heavy (non-hydrogen) atoms. The Hall–Kier alpha value is -3.11. The number of carboxylic acids is 1. The molecule has 2 rings (SSSR count). The van der Waals surface area contributed by atoms with E-state index in [2.05, 4.69) is 4.99 Å². The third-order valence-electron chi connectivity index (χ3n) is 4.23. The van der Waals surface area contributed by atoms with Crippen LogP contribution in [0.1, 0.15) is 33.6 Å². The monoisotopic (exact) mass is 460 g/mol. The lowest BCUT2D eigenvalue weighted by atomic mass is 9.91. The number of ether oxygens (including phenoxy) is 2. The number of carbonyl (C=O) groups excluding carboxylic acids is 2. The van der Waals surface area contributed by atoms with Gasteiger partial charge in [-0.3, -0.25) is 9.79 Å². The molecule has 8 nitrogen and oxygen atoms in total. The topological polar surface area (TPSA) is 106 Å². The second-order valence-electron chi connectivity index (χ2n) is 8.14. The largest absolute Gasteiger partial charge is 0.497 e. The van der Waals surface area contributed by atoms with Crippen LogP contribution in [0.15, 0.2) is 29.3 Å². The highest BCUT2D eigenvalue weighted by Gasteiger charge is 2.38. The fourth-order valence-corrected chi connectivity index (χ4v) is 2.86. The SMILES string of the molecule is COC(=O)C1=NCC(N(C(=O)CC(C)(C)C)c2cccc(OC)c2)C1.O=C(O)C(F)(F)F. The van der Waals surface area contributed by atoms with Gasteiger partial charge in [-0.2, -0.15) is 13.2 Å². The predicted octanol–water partition coefficient (Wildman–Crippen LogP) is 3.48. The van der Waals surface area contributed by atoms with Crippen LogP contribution in [0.4, 0.5) is 18.9 Å². The lowest BCUT2D eigenvalue weighted by Gasteiger charge is -2.31.